The first-order chi connectivity index (χ1) is 12.6. The van der Waals surface area contributed by atoms with E-state index in [1.807, 2.05) is 30.3 Å². The zero-order chi connectivity index (χ0) is 18.1. The lowest BCUT2D eigenvalue weighted by molar-refractivity contribution is 0.0996. The Labute approximate surface area is 162 Å². The fourth-order valence-corrected chi connectivity index (χ4v) is 4.25. The molecule has 0 atom stereocenters. The van der Waals surface area contributed by atoms with Gasteiger partial charge in [0.1, 0.15) is 0 Å². The van der Waals surface area contributed by atoms with Crippen molar-refractivity contribution in [3.8, 4) is 10.4 Å². The summed E-state index contributed by atoms with van der Waals surface area (Å²) in [7, 11) is 0. The first-order valence-electron chi connectivity index (χ1n) is 7.95. The molecular formula is C19H14BrN3O2S. The number of primary amides is 1. The van der Waals surface area contributed by atoms with E-state index in [1.165, 1.54) is 11.3 Å². The third-order valence-corrected chi connectivity index (χ3v) is 5.79. The summed E-state index contributed by atoms with van der Waals surface area (Å²) in [6, 6.07) is 10.1. The highest BCUT2D eigenvalue weighted by atomic mass is 79.9. The van der Waals surface area contributed by atoms with Crippen LogP contribution in [0.4, 0.5) is 0 Å². The number of rotatable bonds is 4. The number of nitrogens with zero attached hydrogens (tertiary/aromatic N) is 2. The molecule has 130 valence electrons. The lowest BCUT2D eigenvalue weighted by Crippen LogP contribution is -2.15. The van der Waals surface area contributed by atoms with Gasteiger partial charge in [0.15, 0.2) is 5.69 Å². The van der Waals surface area contributed by atoms with Crippen molar-refractivity contribution in [1.29, 1.82) is 0 Å². The second kappa shape index (κ2) is 7.01. The van der Waals surface area contributed by atoms with Crippen molar-refractivity contribution in [2.45, 2.75) is 12.8 Å². The predicted molar refractivity (Wildman–Crippen MR) is 106 cm³/mol. The number of aromatic nitrogens is 2. The van der Waals surface area contributed by atoms with Crippen LogP contribution in [0.1, 0.15) is 22.6 Å². The van der Waals surface area contributed by atoms with Gasteiger partial charge in [-0.05, 0) is 41.8 Å². The summed E-state index contributed by atoms with van der Waals surface area (Å²) < 4.78 is 7.03. The van der Waals surface area contributed by atoms with Crippen LogP contribution < -0.4 is 5.73 Å². The van der Waals surface area contributed by atoms with E-state index in [1.54, 1.807) is 12.5 Å². The molecular weight excluding hydrogens is 414 g/mol. The van der Waals surface area contributed by atoms with Gasteiger partial charge >= 0.3 is 0 Å². The van der Waals surface area contributed by atoms with E-state index < -0.39 is 5.91 Å². The van der Waals surface area contributed by atoms with E-state index in [0.29, 0.717) is 6.42 Å². The summed E-state index contributed by atoms with van der Waals surface area (Å²) in [5.41, 5.74) is 8.70. The third kappa shape index (κ3) is 3.27. The van der Waals surface area contributed by atoms with Crippen LogP contribution in [0.5, 0.6) is 0 Å². The number of hydrogen-bond donors (Lipinski definition) is 1. The molecule has 3 heterocycles. The summed E-state index contributed by atoms with van der Waals surface area (Å²) in [6.07, 6.45) is 6.78. The number of fused-ring (bicyclic) bond motifs is 1. The maximum atomic E-state index is 11.8. The molecule has 5 nitrogen and oxygen atoms in total. The van der Waals surface area contributed by atoms with Gasteiger partial charge in [0.25, 0.3) is 5.91 Å². The molecule has 0 aliphatic carbocycles. The first kappa shape index (κ1) is 16.9. The van der Waals surface area contributed by atoms with Crippen molar-refractivity contribution in [2.75, 3.05) is 0 Å². The molecule has 0 fully saturated rings. The number of thiophene rings is 1. The molecule has 1 amide bonds. The minimum atomic E-state index is -0.568. The highest BCUT2D eigenvalue weighted by molar-refractivity contribution is 9.10. The maximum absolute atomic E-state index is 11.8. The van der Waals surface area contributed by atoms with Gasteiger partial charge in [-0.2, -0.15) is 5.10 Å². The zero-order valence-electron chi connectivity index (χ0n) is 13.6. The Kier molecular flexibility index (Phi) is 4.57. The lowest BCUT2D eigenvalue weighted by Gasteiger charge is -2.09. The topological polar surface area (TPSA) is 78.1 Å². The minimum Gasteiger partial charge on any atom is -0.473 e. The van der Waals surface area contributed by atoms with E-state index >= 15 is 0 Å². The van der Waals surface area contributed by atoms with E-state index in [0.717, 1.165) is 42.7 Å². The maximum Gasteiger partial charge on any atom is 0.270 e. The van der Waals surface area contributed by atoms with Crippen LogP contribution in [-0.4, -0.2) is 16.1 Å². The molecule has 0 radical (unpaired) electrons. The Bertz CT molecular complexity index is 1050. The smallest absolute Gasteiger partial charge is 0.270 e. The summed E-state index contributed by atoms with van der Waals surface area (Å²) >= 11 is 4.95. The fourth-order valence-electron chi connectivity index (χ4n) is 2.81. The molecule has 0 unspecified atom stereocenters. The van der Waals surface area contributed by atoms with Crippen molar-refractivity contribution < 1.29 is 9.53 Å². The summed E-state index contributed by atoms with van der Waals surface area (Å²) in [4.78, 5) is 12.8. The molecule has 4 rings (SSSR count). The molecule has 26 heavy (non-hydrogen) atoms. The SMILES string of the molecule is NC(=O)c1nnc(CC2=COC=CC2)c2cc(-c3ccc(Br)cc3)sc12. The number of allylic oxidation sites excluding steroid dienone is 2. The third-order valence-electron chi connectivity index (χ3n) is 4.07. The van der Waals surface area contributed by atoms with E-state index in [4.69, 9.17) is 10.5 Å². The summed E-state index contributed by atoms with van der Waals surface area (Å²) in [6.45, 7) is 0. The van der Waals surface area contributed by atoms with Crippen LogP contribution in [0.25, 0.3) is 20.5 Å². The predicted octanol–water partition coefficient (Wildman–Crippen LogP) is 4.58. The summed E-state index contributed by atoms with van der Waals surface area (Å²) in [5.74, 6) is -0.568. The second-order valence-corrected chi connectivity index (χ2v) is 7.85. The van der Waals surface area contributed by atoms with Gasteiger partial charge in [0.05, 0.1) is 22.9 Å². The molecule has 0 saturated heterocycles. The van der Waals surface area contributed by atoms with Gasteiger partial charge < -0.3 is 10.5 Å². The molecule has 2 aromatic heterocycles. The van der Waals surface area contributed by atoms with E-state index in [-0.39, 0.29) is 5.69 Å². The molecule has 7 heteroatoms. The Hall–Kier alpha value is -2.51. The number of nitrogens with two attached hydrogens (primary N) is 1. The molecule has 3 aromatic rings. The van der Waals surface area contributed by atoms with E-state index in [2.05, 4.69) is 32.2 Å². The monoisotopic (exact) mass is 427 g/mol. The molecule has 0 saturated carbocycles. The number of halogens is 1. The van der Waals surface area contributed by atoms with Crippen molar-refractivity contribution in [2.24, 2.45) is 5.73 Å². The molecule has 1 aromatic carbocycles. The Balaban J connectivity index is 1.82. The fraction of sp³-hybridized carbons (Fsp3) is 0.105. The van der Waals surface area contributed by atoms with Gasteiger partial charge in [-0.25, -0.2) is 0 Å². The average Bonchev–Trinajstić information content (AvgIpc) is 3.09. The first-order valence-corrected chi connectivity index (χ1v) is 9.56. The van der Waals surface area contributed by atoms with Gasteiger partial charge in [-0.15, -0.1) is 16.4 Å². The van der Waals surface area contributed by atoms with Crippen LogP contribution in [0.3, 0.4) is 0 Å². The van der Waals surface area contributed by atoms with Crippen LogP contribution in [0.2, 0.25) is 0 Å². The van der Waals surface area contributed by atoms with Crippen LogP contribution >= 0.6 is 27.3 Å². The average molecular weight is 428 g/mol. The molecule has 2 N–H and O–H groups in total. The van der Waals surface area contributed by atoms with Crippen molar-refractivity contribution in [3.05, 3.63) is 70.4 Å². The number of ether oxygens (including phenoxy) is 1. The molecule has 0 bridgehead atoms. The van der Waals surface area contributed by atoms with E-state index in [9.17, 15) is 4.79 Å². The molecule has 1 aliphatic heterocycles. The highest BCUT2D eigenvalue weighted by Gasteiger charge is 2.18. The largest absolute Gasteiger partial charge is 0.473 e. The minimum absolute atomic E-state index is 0.214. The van der Waals surface area contributed by atoms with Crippen LogP contribution in [0.15, 0.2) is 59.0 Å². The standard InChI is InChI=1S/C19H14BrN3O2S/c20-13-5-3-12(4-6-13)16-9-14-15(8-11-2-1-7-25-10-11)22-23-17(19(21)24)18(14)26-16/h1,3-7,9-10H,2,8H2,(H2,21,24). The number of amides is 1. The van der Waals surface area contributed by atoms with Crippen LogP contribution in [0, 0.1) is 0 Å². The quantitative estimate of drug-likeness (QED) is 0.660. The van der Waals surface area contributed by atoms with Gasteiger partial charge in [0.2, 0.25) is 0 Å². The van der Waals surface area contributed by atoms with Crippen molar-refractivity contribution >= 4 is 43.3 Å². The number of carbonyl (C=O) groups is 1. The zero-order valence-corrected chi connectivity index (χ0v) is 16.0. The van der Waals surface area contributed by atoms with Gasteiger partial charge in [-0.3, -0.25) is 4.79 Å². The highest BCUT2D eigenvalue weighted by Crippen LogP contribution is 2.37. The van der Waals surface area contributed by atoms with Crippen LogP contribution in [-0.2, 0) is 11.2 Å². The van der Waals surface area contributed by atoms with Gasteiger partial charge in [0, 0.05) is 21.2 Å². The Morgan fingerprint density at radius 3 is 2.77 bits per heavy atom. The molecule has 1 aliphatic rings. The second-order valence-electron chi connectivity index (χ2n) is 5.88. The number of benzene rings is 1. The lowest BCUT2D eigenvalue weighted by atomic mass is 10.0. The van der Waals surface area contributed by atoms with Gasteiger partial charge in [-0.1, -0.05) is 28.1 Å². The molecule has 0 spiro atoms. The summed E-state index contributed by atoms with van der Waals surface area (Å²) in [5, 5.41) is 9.27. The van der Waals surface area contributed by atoms with Crippen molar-refractivity contribution in [3.63, 3.8) is 0 Å². The number of carbonyl (C=O) groups excluding carboxylic acids is 1. The number of hydrogen-bond acceptors (Lipinski definition) is 5. The Morgan fingerprint density at radius 1 is 1.27 bits per heavy atom. The normalized spacial score (nSPS) is 13.5. The van der Waals surface area contributed by atoms with Crippen molar-refractivity contribution in [1.82, 2.24) is 10.2 Å². The Morgan fingerprint density at radius 2 is 2.08 bits per heavy atom.